The summed E-state index contributed by atoms with van der Waals surface area (Å²) < 4.78 is 6.32. The summed E-state index contributed by atoms with van der Waals surface area (Å²) in [5.74, 6) is 4.61. The number of nitrogens with one attached hydrogen (secondary N) is 1. The van der Waals surface area contributed by atoms with E-state index < -0.39 is 0 Å². The summed E-state index contributed by atoms with van der Waals surface area (Å²) in [6.45, 7) is 5.58. The zero-order valence-corrected chi connectivity index (χ0v) is 16.8. The fourth-order valence-electron chi connectivity index (χ4n) is 7.61. The number of piperidine rings is 1. The van der Waals surface area contributed by atoms with Crippen LogP contribution in [0.2, 0.25) is 0 Å². The number of carbonyl (C=O) groups excluding carboxylic acids is 1. The molecule has 27 heavy (non-hydrogen) atoms. The van der Waals surface area contributed by atoms with Gasteiger partial charge in [-0.3, -0.25) is 4.79 Å². The van der Waals surface area contributed by atoms with Crippen molar-refractivity contribution in [3.8, 4) is 5.75 Å². The molecule has 2 heterocycles. The molecule has 0 bridgehead atoms. The number of carbonyl (C=O) groups is 1. The molecule has 0 spiro atoms. The van der Waals surface area contributed by atoms with Gasteiger partial charge in [0.25, 0.3) is 0 Å². The first kappa shape index (κ1) is 17.6. The fraction of sp³-hybridized carbons (Fsp3) is 0.783. The molecular formula is C23H34N2O2. The Morgan fingerprint density at radius 1 is 1.22 bits per heavy atom. The maximum atomic E-state index is 12.4. The summed E-state index contributed by atoms with van der Waals surface area (Å²) in [5, 5.41) is 0. The van der Waals surface area contributed by atoms with Crippen molar-refractivity contribution in [2.24, 2.45) is 29.1 Å². The van der Waals surface area contributed by atoms with Gasteiger partial charge < -0.3 is 14.6 Å². The second-order valence-corrected chi connectivity index (χ2v) is 9.88. The molecule has 1 N–H and O–H groups in total. The minimum absolute atomic E-state index is 0.368. The summed E-state index contributed by atoms with van der Waals surface area (Å²) in [6, 6.07) is 2.56. The predicted molar refractivity (Wildman–Crippen MR) is 105 cm³/mol. The SMILES string of the molecule is CCN1C(=O)CC[C@@H]2[C@H]3CC[C@]4(C)CC(Oc5cc[nH]c5)C[C@H]4[C@@H]3CC[C@H]21. The van der Waals surface area contributed by atoms with Crippen molar-refractivity contribution >= 4 is 5.91 Å². The van der Waals surface area contributed by atoms with E-state index in [1.54, 1.807) is 0 Å². The molecular weight excluding hydrogens is 336 g/mol. The van der Waals surface area contributed by atoms with Crippen LogP contribution in [0.3, 0.4) is 0 Å². The number of likely N-dealkylation sites (tertiary alicyclic amines) is 1. The van der Waals surface area contributed by atoms with E-state index in [-0.39, 0.29) is 0 Å². The van der Waals surface area contributed by atoms with Gasteiger partial charge in [-0.1, -0.05) is 6.92 Å². The van der Waals surface area contributed by atoms with Crippen LogP contribution in [0.4, 0.5) is 0 Å². The molecule has 4 aliphatic rings. The Kier molecular flexibility index (Phi) is 4.29. The largest absolute Gasteiger partial charge is 0.489 e. The van der Waals surface area contributed by atoms with Crippen molar-refractivity contribution in [3.63, 3.8) is 0 Å². The maximum absolute atomic E-state index is 12.4. The molecule has 5 rings (SSSR count). The lowest BCUT2D eigenvalue weighted by Gasteiger charge is -2.56. The van der Waals surface area contributed by atoms with E-state index >= 15 is 0 Å². The van der Waals surface area contributed by atoms with Crippen molar-refractivity contribution in [1.82, 2.24) is 9.88 Å². The van der Waals surface area contributed by atoms with E-state index in [0.29, 0.717) is 23.5 Å². The highest BCUT2D eigenvalue weighted by Gasteiger charge is 2.57. The third-order valence-corrected chi connectivity index (χ3v) is 8.69. The second kappa shape index (κ2) is 6.56. The van der Waals surface area contributed by atoms with Crippen LogP contribution in [0.1, 0.15) is 65.2 Å². The minimum atomic E-state index is 0.368. The molecule has 4 fully saturated rings. The van der Waals surface area contributed by atoms with Crippen LogP contribution in [0.25, 0.3) is 0 Å². The number of ether oxygens (including phenoxy) is 1. The third kappa shape index (κ3) is 2.82. The lowest BCUT2D eigenvalue weighted by molar-refractivity contribution is -0.146. The molecule has 1 unspecified atom stereocenters. The average Bonchev–Trinajstić information content (AvgIpc) is 3.28. The Balaban J connectivity index is 1.34. The van der Waals surface area contributed by atoms with Crippen molar-refractivity contribution in [2.45, 2.75) is 77.4 Å². The number of amides is 1. The molecule has 1 amide bonds. The molecule has 1 aromatic rings. The fourth-order valence-corrected chi connectivity index (χ4v) is 7.61. The molecule has 0 radical (unpaired) electrons. The first-order valence-electron chi connectivity index (χ1n) is 11.2. The smallest absolute Gasteiger partial charge is 0.222 e. The summed E-state index contributed by atoms with van der Waals surface area (Å²) in [7, 11) is 0. The number of nitrogens with zero attached hydrogens (tertiary/aromatic N) is 1. The second-order valence-electron chi connectivity index (χ2n) is 9.88. The normalized spacial score (nSPS) is 43.8. The van der Waals surface area contributed by atoms with E-state index in [0.717, 1.165) is 48.8 Å². The van der Waals surface area contributed by atoms with E-state index in [4.69, 9.17) is 4.74 Å². The highest BCUT2D eigenvalue weighted by Crippen LogP contribution is 2.61. The highest BCUT2D eigenvalue weighted by molar-refractivity contribution is 5.77. The van der Waals surface area contributed by atoms with Crippen LogP contribution in [-0.4, -0.2) is 34.5 Å². The van der Waals surface area contributed by atoms with Gasteiger partial charge in [0.15, 0.2) is 0 Å². The van der Waals surface area contributed by atoms with E-state index in [1.165, 1.54) is 38.5 Å². The number of aromatic nitrogens is 1. The molecule has 3 saturated carbocycles. The number of hydrogen-bond acceptors (Lipinski definition) is 2. The predicted octanol–water partition coefficient (Wildman–Crippen LogP) is 4.63. The van der Waals surface area contributed by atoms with Crippen LogP contribution < -0.4 is 4.74 Å². The van der Waals surface area contributed by atoms with Gasteiger partial charge in [-0.05, 0) is 87.0 Å². The molecule has 4 heteroatoms. The number of rotatable bonds is 3. The highest BCUT2D eigenvalue weighted by atomic mass is 16.5. The molecule has 7 atom stereocenters. The Hall–Kier alpha value is -1.45. The number of hydrogen-bond donors (Lipinski definition) is 1. The van der Waals surface area contributed by atoms with Crippen molar-refractivity contribution < 1.29 is 9.53 Å². The van der Waals surface area contributed by atoms with Crippen LogP contribution >= 0.6 is 0 Å². The van der Waals surface area contributed by atoms with Crippen molar-refractivity contribution in [3.05, 3.63) is 18.5 Å². The topological polar surface area (TPSA) is 45.3 Å². The first-order valence-corrected chi connectivity index (χ1v) is 11.2. The van der Waals surface area contributed by atoms with Gasteiger partial charge in [-0.25, -0.2) is 0 Å². The Labute approximate surface area is 163 Å². The Morgan fingerprint density at radius 3 is 2.89 bits per heavy atom. The average molecular weight is 371 g/mol. The first-order chi connectivity index (χ1) is 13.1. The van der Waals surface area contributed by atoms with Crippen LogP contribution in [0.15, 0.2) is 18.5 Å². The van der Waals surface area contributed by atoms with E-state index in [2.05, 4.69) is 23.7 Å². The van der Waals surface area contributed by atoms with Crippen LogP contribution in [0, 0.1) is 29.1 Å². The van der Waals surface area contributed by atoms with Gasteiger partial charge in [-0.2, -0.15) is 0 Å². The van der Waals surface area contributed by atoms with Crippen molar-refractivity contribution in [2.75, 3.05) is 6.54 Å². The third-order valence-electron chi connectivity index (χ3n) is 8.69. The van der Waals surface area contributed by atoms with Crippen LogP contribution in [-0.2, 0) is 4.79 Å². The zero-order chi connectivity index (χ0) is 18.6. The van der Waals surface area contributed by atoms with Crippen molar-refractivity contribution in [1.29, 1.82) is 0 Å². The Bertz CT molecular complexity index is 687. The molecule has 4 nitrogen and oxygen atoms in total. The summed E-state index contributed by atoms with van der Waals surface area (Å²) in [5.41, 5.74) is 0.448. The van der Waals surface area contributed by atoms with Gasteiger partial charge in [0.05, 0.1) is 6.10 Å². The molecule has 148 valence electrons. The van der Waals surface area contributed by atoms with Gasteiger partial charge >= 0.3 is 0 Å². The number of H-pyrrole nitrogens is 1. The summed E-state index contributed by atoms with van der Waals surface area (Å²) in [6.07, 6.45) is 13.9. The van der Waals surface area contributed by atoms with Gasteiger partial charge in [0, 0.05) is 31.4 Å². The molecule has 1 saturated heterocycles. The molecule has 0 aromatic carbocycles. The quantitative estimate of drug-likeness (QED) is 0.843. The number of fused-ring (bicyclic) bond motifs is 5. The standard InChI is InChI=1S/C23H34N2O2/c1-3-25-21-6-4-18-17(19(21)5-7-22(25)26)8-10-23(2)13-16(12-20(18)23)27-15-9-11-24-14-15/h9,11,14,16-21,24H,3-8,10,12-13H2,1-2H3/t16?,17-,18+,19+,20-,21+,23+/m0/s1. The maximum Gasteiger partial charge on any atom is 0.222 e. The zero-order valence-electron chi connectivity index (χ0n) is 16.8. The lowest BCUT2D eigenvalue weighted by Crippen LogP contribution is -2.56. The van der Waals surface area contributed by atoms with Crippen LogP contribution in [0.5, 0.6) is 5.75 Å². The molecule has 1 aromatic heterocycles. The lowest BCUT2D eigenvalue weighted by atomic mass is 9.52. The van der Waals surface area contributed by atoms with E-state index in [1.807, 2.05) is 18.5 Å². The molecule has 1 aliphatic heterocycles. The Morgan fingerprint density at radius 2 is 2.11 bits per heavy atom. The van der Waals surface area contributed by atoms with Gasteiger partial charge in [0.1, 0.15) is 5.75 Å². The minimum Gasteiger partial charge on any atom is -0.489 e. The summed E-state index contributed by atoms with van der Waals surface area (Å²) >= 11 is 0. The van der Waals surface area contributed by atoms with Gasteiger partial charge in [0.2, 0.25) is 5.91 Å². The molecule has 3 aliphatic carbocycles. The number of aromatic amines is 1. The van der Waals surface area contributed by atoms with E-state index in [9.17, 15) is 4.79 Å². The summed E-state index contributed by atoms with van der Waals surface area (Å²) in [4.78, 5) is 17.7. The monoisotopic (exact) mass is 370 g/mol. The van der Waals surface area contributed by atoms with Gasteiger partial charge in [-0.15, -0.1) is 0 Å².